The number of rotatable bonds is 7. The molecule has 0 spiro atoms. The van der Waals surface area contributed by atoms with Crippen molar-refractivity contribution in [2.45, 2.75) is 38.4 Å². The van der Waals surface area contributed by atoms with Gasteiger partial charge in [0.2, 0.25) is 5.91 Å². The van der Waals surface area contributed by atoms with Crippen molar-refractivity contribution in [1.82, 2.24) is 14.5 Å². The summed E-state index contributed by atoms with van der Waals surface area (Å²) >= 11 is 7.33. The normalized spacial score (nSPS) is 11.1. The molecule has 2 aromatic heterocycles. The largest absolute Gasteiger partial charge is 0.353 e. The molecule has 2 heterocycles. The number of amides is 1. The number of aromatic nitrogens is 3. The van der Waals surface area contributed by atoms with Gasteiger partial charge in [-0.3, -0.25) is 14.2 Å². The zero-order valence-corrected chi connectivity index (χ0v) is 16.8. The first-order valence-corrected chi connectivity index (χ1v) is 10.1. The number of fused-ring (bicyclic) bond motifs is 1. The molecule has 27 heavy (non-hydrogen) atoms. The van der Waals surface area contributed by atoms with Gasteiger partial charge in [-0.2, -0.15) is 0 Å². The molecule has 3 aromatic rings. The van der Waals surface area contributed by atoms with Gasteiger partial charge >= 0.3 is 0 Å². The third-order valence-electron chi connectivity index (χ3n) is 4.05. The molecular weight excluding hydrogens is 384 g/mol. The SMILES string of the molecule is CCCCn1c(SCC(=O)Nc2ccccc2Cl)nc2cc(C)[nH]c2c1=O. The molecule has 8 heteroatoms. The molecule has 0 bridgehead atoms. The summed E-state index contributed by atoms with van der Waals surface area (Å²) in [6.07, 6.45) is 1.83. The van der Waals surface area contributed by atoms with Crippen LogP contribution in [0.4, 0.5) is 5.69 Å². The number of thioether (sulfide) groups is 1. The van der Waals surface area contributed by atoms with Crippen LogP contribution in [-0.4, -0.2) is 26.2 Å². The topological polar surface area (TPSA) is 79.8 Å². The maximum atomic E-state index is 12.8. The molecule has 0 aliphatic rings. The summed E-state index contributed by atoms with van der Waals surface area (Å²) in [5.41, 5.74) is 2.48. The maximum absolute atomic E-state index is 12.8. The highest BCUT2D eigenvalue weighted by Gasteiger charge is 2.15. The smallest absolute Gasteiger partial charge is 0.278 e. The molecule has 2 N–H and O–H groups in total. The zero-order chi connectivity index (χ0) is 19.4. The van der Waals surface area contributed by atoms with Crippen molar-refractivity contribution < 1.29 is 4.79 Å². The Hall–Kier alpha value is -2.25. The second-order valence-corrected chi connectivity index (χ2v) is 7.58. The van der Waals surface area contributed by atoms with Crippen LogP contribution >= 0.6 is 23.4 Å². The predicted octanol–water partition coefficient (Wildman–Crippen LogP) is 4.22. The zero-order valence-electron chi connectivity index (χ0n) is 15.2. The number of para-hydroxylation sites is 1. The summed E-state index contributed by atoms with van der Waals surface area (Å²) in [6, 6.07) is 8.91. The lowest BCUT2D eigenvalue weighted by Gasteiger charge is -2.12. The summed E-state index contributed by atoms with van der Waals surface area (Å²) < 4.78 is 1.65. The summed E-state index contributed by atoms with van der Waals surface area (Å²) in [5.74, 6) is -0.0617. The van der Waals surface area contributed by atoms with Crippen LogP contribution in [-0.2, 0) is 11.3 Å². The molecule has 6 nitrogen and oxygen atoms in total. The highest BCUT2D eigenvalue weighted by molar-refractivity contribution is 7.99. The number of H-pyrrole nitrogens is 1. The Bertz CT molecular complexity index is 1030. The number of nitrogens with one attached hydrogen (secondary N) is 2. The number of nitrogens with zero attached hydrogens (tertiary/aromatic N) is 2. The van der Waals surface area contributed by atoms with Gasteiger partial charge in [-0.05, 0) is 31.5 Å². The van der Waals surface area contributed by atoms with Crippen molar-refractivity contribution in [2.75, 3.05) is 11.1 Å². The average Bonchev–Trinajstić information content (AvgIpc) is 3.02. The summed E-state index contributed by atoms with van der Waals surface area (Å²) in [6.45, 7) is 4.53. The molecule has 0 aliphatic carbocycles. The average molecular weight is 405 g/mol. The van der Waals surface area contributed by atoms with Crippen LogP contribution in [0.2, 0.25) is 5.02 Å². The van der Waals surface area contributed by atoms with Gasteiger partial charge < -0.3 is 10.3 Å². The van der Waals surface area contributed by atoms with E-state index in [-0.39, 0.29) is 17.2 Å². The van der Waals surface area contributed by atoms with E-state index in [0.717, 1.165) is 18.5 Å². The first-order chi connectivity index (χ1) is 13.0. The second-order valence-electron chi connectivity index (χ2n) is 6.23. The molecule has 0 unspecified atom stereocenters. The monoisotopic (exact) mass is 404 g/mol. The van der Waals surface area contributed by atoms with E-state index in [9.17, 15) is 9.59 Å². The van der Waals surface area contributed by atoms with Crippen LogP contribution in [0.3, 0.4) is 0 Å². The number of aromatic amines is 1. The van der Waals surface area contributed by atoms with Crippen LogP contribution in [0.1, 0.15) is 25.5 Å². The molecule has 0 saturated heterocycles. The Morgan fingerprint density at radius 3 is 2.89 bits per heavy atom. The van der Waals surface area contributed by atoms with Gasteiger partial charge in [-0.25, -0.2) is 4.98 Å². The van der Waals surface area contributed by atoms with Gasteiger partial charge in [-0.15, -0.1) is 0 Å². The molecule has 0 fully saturated rings. The first-order valence-electron chi connectivity index (χ1n) is 8.77. The number of benzene rings is 1. The molecule has 1 aromatic carbocycles. The van der Waals surface area contributed by atoms with E-state index in [1.54, 1.807) is 28.8 Å². The highest BCUT2D eigenvalue weighted by atomic mass is 35.5. The molecule has 0 saturated carbocycles. The standard InChI is InChI=1S/C19H21ClN4O2S/c1-3-4-9-24-18(26)17-15(10-12(2)21-17)23-19(24)27-11-16(25)22-14-8-6-5-7-13(14)20/h5-8,10,21H,3-4,9,11H2,1-2H3,(H,22,25). The molecule has 1 amide bonds. The minimum Gasteiger partial charge on any atom is -0.353 e. The highest BCUT2D eigenvalue weighted by Crippen LogP contribution is 2.22. The van der Waals surface area contributed by atoms with Gasteiger partial charge in [0, 0.05) is 12.2 Å². The number of unbranched alkanes of at least 4 members (excludes halogenated alkanes) is 1. The minimum absolute atomic E-state index is 0.101. The van der Waals surface area contributed by atoms with E-state index >= 15 is 0 Å². The van der Waals surface area contributed by atoms with Crippen LogP contribution in [0.5, 0.6) is 0 Å². The number of carbonyl (C=O) groups excluding carboxylic acids is 1. The molecule has 3 rings (SSSR count). The number of anilines is 1. The van der Waals surface area contributed by atoms with Crippen molar-refractivity contribution in [3.05, 3.63) is 51.4 Å². The van der Waals surface area contributed by atoms with E-state index in [1.807, 2.05) is 13.0 Å². The van der Waals surface area contributed by atoms with Crippen LogP contribution in [0.25, 0.3) is 11.0 Å². The van der Waals surface area contributed by atoms with Gasteiger partial charge in [0.05, 0.1) is 22.0 Å². The van der Waals surface area contributed by atoms with Crippen molar-refractivity contribution in [2.24, 2.45) is 0 Å². The van der Waals surface area contributed by atoms with E-state index in [0.29, 0.717) is 33.4 Å². The van der Waals surface area contributed by atoms with E-state index < -0.39 is 0 Å². The fourth-order valence-corrected chi connectivity index (χ4v) is 3.72. The third kappa shape index (κ3) is 4.54. The lowest BCUT2D eigenvalue weighted by molar-refractivity contribution is -0.113. The summed E-state index contributed by atoms with van der Waals surface area (Å²) in [5, 5.41) is 3.82. The summed E-state index contributed by atoms with van der Waals surface area (Å²) in [4.78, 5) is 32.8. The lowest BCUT2D eigenvalue weighted by Crippen LogP contribution is -2.24. The Balaban J connectivity index is 1.81. The van der Waals surface area contributed by atoms with Crippen LogP contribution in [0, 0.1) is 6.92 Å². The fourth-order valence-electron chi connectivity index (χ4n) is 2.71. The van der Waals surface area contributed by atoms with E-state index in [2.05, 4.69) is 22.2 Å². The van der Waals surface area contributed by atoms with Crippen LogP contribution in [0.15, 0.2) is 40.3 Å². The summed E-state index contributed by atoms with van der Waals surface area (Å²) in [7, 11) is 0. The maximum Gasteiger partial charge on any atom is 0.278 e. The van der Waals surface area contributed by atoms with Gasteiger partial charge in [0.1, 0.15) is 5.52 Å². The predicted molar refractivity (Wildman–Crippen MR) is 111 cm³/mol. The van der Waals surface area contributed by atoms with Crippen molar-refractivity contribution in [1.29, 1.82) is 0 Å². The van der Waals surface area contributed by atoms with E-state index in [4.69, 9.17) is 11.6 Å². The molecular formula is C19H21ClN4O2S. The number of aryl methyl sites for hydroxylation is 1. The third-order valence-corrected chi connectivity index (χ3v) is 5.36. The van der Waals surface area contributed by atoms with Gasteiger partial charge in [0.15, 0.2) is 5.16 Å². The number of hydrogen-bond donors (Lipinski definition) is 2. The van der Waals surface area contributed by atoms with Gasteiger partial charge in [-0.1, -0.05) is 48.8 Å². The Labute approximate surface area is 166 Å². The quantitative estimate of drug-likeness (QED) is 0.456. The first kappa shape index (κ1) is 19.5. The van der Waals surface area contributed by atoms with Crippen molar-refractivity contribution >= 4 is 46.0 Å². The lowest BCUT2D eigenvalue weighted by atomic mass is 10.3. The molecule has 0 atom stereocenters. The van der Waals surface area contributed by atoms with Crippen molar-refractivity contribution in [3.8, 4) is 0 Å². The number of halogens is 1. The Kier molecular flexibility index (Phi) is 6.23. The number of hydrogen-bond acceptors (Lipinski definition) is 4. The van der Waals surface area contributed by atoms with Crippen molar-refractivity contribution in [3.63, 3.8) is 0 Å². The second kappa shape index (κ2) is 8.63. The minimum atomic E-state index is -0.199. The van der Waals surface area contributed by atoms with E-state index in [1.165, 1.54) is 11.8 Å². The molecule has 142 valence electrons. The molecule has 0 radical (unpaired) electrons. The fraction of sp³-hybridized carbons (Fsp3) is 0.316. The Morgan fingerprint density at radius 1 is 1.37 bits per heavy atom. The Morgan fingerprint density at radius 2 is 2.15 bits per heavy atom. The van der Waals surface area contributed by atoms with Gasteiger partial charge in [0.25, 0.3) is 5.56 Å². The van der Waals surface area contributed by atoms with Crippen LogP contribution < -0.4 is 10.9 Å². The molecule has 0 aliphatic heterocycles. The number of carbonyl (C=O) groups is 1.